The quantitative estimate of drug-likeness (QED) is 0.229. The number of aryl methyl sites for hydroxylation is 1. The molecule has 0 bridgehead atoms. The van der Waals surface area contributed by atoms with Gasteiger partial charge in [0.05, 0.1) is 15.2 Å². The number of carbonyl (C=O) groups excluding carboxylic acids is 1. The summed E-state index contributed by atoms with van der Waals surface area (Å²) in [7, 11) is 0. The van der Waals surface area contributed by atoms with Crippen LogP contribution < -0.4 is 0 Å². The van der Waals surface area contributed by atoms with Gasteiger partial charge < -0.3 is 5.11 Å². The number of ketones is 1. The Morgan fingerprint density at radius 3 is 2.42 bits per heavy atom. The van der Waals surface area contributed by atoms with Crippen LogP contribution in [-0.2, 0) is 4.79 Å². The van der Waals surface area contributed by atoms with Crippen molar-refractivity contribution in [3.05, 3.63) is 87.0 Å². The molecule has 3 nitrogen and oxygen atoms in total. The van der Waals surface area contributed by atoms with Crippen LogP contribution in [0.3, 0.4) is 0 Å². The van der Waals surface area contributed by atoms with E-state index < -0.39 is 41.4 Å². The highest BCUT2D eigenvalue weighted by atomic mass is 32.1. The van der Waals surface area contributed by atoms with Crippen molar-refractivity contribution in [2.75, 3.05) is 0 Å². The zero-order chi connectivity index (χ0) is 31.9. The van der Waals surface area contributed by atoms with E-state index in [9.17, 15) is 23.1 Å². The van der Waals surface area contributed by atoms with Crippen LogP contribution in [0, 0.1) is 24.2 Å². The Morgan fingerprint density at radius 2 is 1.69 bits per heavy atom. The smallest absolute Gasteiger partial charge is 0.383 e. The van der Waals surface area contributed by atoms with Crippen LogP contribution in [0.25, 0.3) is 22.4 Å². The number of thiazole rings is 1. The van der Waals surface area contributed by atoms with Gasteiger partial charge in [0.1, 0.15) is 5.60 Å². The molecule has 1 aromatic heterocycles. The van der Waals surface area contributed by atoms with Gasteiger partial charge in [-0.3, -0.25) is 4.79 Å². The number of carbonyl (C=O) groups is 1. The van der Waals surface area contributed by atoms with E-state index in [0.717, 1.165) is 48.6 Å². The van der Waals surface area contributed by atoms with E-state index in [0.29, 0.717) is 25.7 Å². The van der Waals surface area contributed by atoms with Crippen molar-refractivity contribution in [3.8, 4) is 0 Å². The normalized spacial score (nSPS) is 30.4. The van der Waals surface area contributed by atoms with Crippen LogP contribution in [0.5, 0.6) is 0 Å². The highest BCUT2D eigenvalue weighted by Gasteiger charge is 2.79. The number of alkyl halides is 5. The first kappa shape index (κ1) is 30.5. The van der Waals surface area contributed by atoms with E-state index in [2.05, 4.69) is 11.1 Å². The summed E-state index contributed by atoms with van der Waals surface area (Å²) in [6.45, 7) is 3.42. The maximum atomic E-state index is 15.2. The number of fused-ring (bicyclic) bond motifs is 5. The molecular weight excluding hydrogens is 605 g/mol. The molecule has 2 unspecified atom stereocenters. The number of hydrogen-bond donors (Lipinski definition) is 1. The highest BCUT2D eigenvalue weighted by molar-refractivity contribution is 7.18. The fraction of sp³-hybridized carbons (Fsp3) is 0.444. The summed E-state index contributed by atoms with van der Waals surface area (Å²) in [5.41, 5.74) is 1.95. The molecule has 9 heteroatoms. The Hall–Kier alpha value is -3.17. The molecule has 0 amide bonds. The van der Waals surface area contributed by atoms with Crippen molar-refractivity contribution >= 4 is 39.5 Å². The highest BCUT2D eigenvalue weighted by Crippen LogP contribution is 2.70. The lowest BCUT2D eigenvalue weighted by Gasteiger charge is -2.56. The van der Waals surface area contributed by atoms with Crippen molar-refractivity contribution in [1.29, 1.82) is 0 Å². The molecule has 5 atom stereocenters. The molecule has 236 valence electrons. The maximum absolute atomic E-state index is 15.2. The van der Waals surface area contributed by atoms with Gasteiger partial charge in [0.25, 0.3) is 0 Å². The lowest BCUT2D eigenvalue weighted by atomic mass is 9.50. The van der Waals surface area contributed by atoms with Gasteiger partial charge in [0, 0.05) is 17.8 Å². The average molecular weight is 640 g/mol. The van der Waals surface area contributed by atoms with Gasteiger partial charge in [0.15, 0.2) is 5.78 Å². The summed E-state index contributed by atoms with van der Waals surface area (Å²) in [4.78, 5) is 16.8. The van der Waals surface area contributed by atoms with Crippen LogP contribution in [0.4, 0.5) is 22.0 Å². The topological polar surface area (TPSA) is 50.2 Å². The summed E-state index contributed by atoms with van der Waals surface area (Å²) in [6, 6.07) is 13.8. The molecule has 2 saturated carbocycles. The van der Waals surface area contributed by atoms with Gasteiger partial charge >= 0.3 is 12.1 Å². The second kappa shape index (κ2) is 10.4. The lowest BCUT2D eigenvalue weighted by molar-refractivity contribution is -0.362. The Kier molecular flexibility index (Phi) is 7.06. The summed E-state index contributed by atoms with van der Waals surface area (Å²) < 4.78 is 73.0. The second-order valence-corrected chi connectivity index (χ2v) is 14.7. The predicted molar refractivity (Wildman–Crippen MR) is 166 cm³/mol. The number of nitrogens with zero attached hydrogens (tertiary/aromatic N) is 1. The van der Waals surface area contributed by atoms with E-state index in [-0.39, 0.29) is 24.5 Å². The number of rotatable bonds is 4. The van der Waals surface area contributed by atoms with E-state index in [1.54, 1.807) is 17.4 Å². The number of aromatic nitrogens is 1. The molecule has 4 aliphatic rings. The van der Waals surface area contributed by atoms with Crippen LogP contribution in [0.15, 0.2) is 65.3 Å². The number of allylic oxidation sites excluding steroid dienone is 4. The van der Waals surface area contributed by atoms with Crippen molar-refractivity contribution in [1.82, 2.24) is 4.98 Å². The zero-order valence-corrected chi connectivity index (χ0v) is 25.9. The summed E-state index contributed by atoms with van der Waals surface area (Å²) in [6.07, 6.45) is 1.32. The first-order valence-electron chi connectivity index (χ1n) is 15.5. The molecule has 2 aromatic carbocycles. The first-order valence-corrected chi connectivity index (χ1v) is 16.3. The summed E-state index contributed by atoms with van der Waals surface area (Å²) >= 11 is 1.63. The molecule has 0 spiro atoms. The van der Waals surface area contributed by atoms with Gasteiger partial charge in [-0.05, 0) is 103 Å². The minimum Gasteiger partial charge on any atom is -0.383 e. The van der Waals surface area contributed by atoms with Crippen molar-refractivity contribution < 1.29 is 31.9 Å². The second-order valence-electron chi connectivity index (χ2n) is 13.4. The third kappa shape index (κ3) is 4.67. The molecule has 7 rings (SSSR count). The van der Waals surface area contributed by atoms with Crippen LogP contribution in [-0.4, -0.2) is 33.6 Å². The van der Waals surface area contributed by atoms with Gasteiger partial charge in [0.2, 0.25) is 0 Å². The minimum absolute atomic E-state index is 0.0279. The largest absolute Gasteiger partial charge is 0.456 e. The number of halogens is 5. The molecule has 45 heavy (non-hydrogen) atoms. The van der Waals surface area contributed by atoms with E-state index in [4.69, 9.17) is 0 Å². The molecule has 1 heterocycles. The fourth-order valence-electron chi connectivity index (χ4n) is 8.91. The number of hydrogen-bond acceptors (Lipinski definition) is 4. The van der Waals surface area contributed by atoms with E-state index in [1.807, 2.05) is 55.5 Å². The summed E-state index contributed by atoms with van der Waals surface area (Å²) in [5, 5.41) is 12.5. The molecule has 0 radical (unpaired) electrons. The van der Waals surface area contributed by atoms with Gasteiger partial charge in [-0.1, -0.05) is 55.0 Å². The Balaban J connectivity index is 1.27. The lowest BCUT2D eigenvalue weighted by Crippen LogP contribution is -2.65. The number of benzene rings is 2. The Labute approximate surface area is 262 Å². The van der Waals surface area contributed by atoms with E-state index >= 15 is 8.78 Å². The standard InChI is InChI=1S/C36H34F5NO2S/c1-20-42-30-14-7-22(17-31(30)45-20)4-3-21-5-8-23(9-6-21)28-19-33(2)29(15-16-34(33,44)35(37,38)36(39,40)41)27-12-10-24-18-25(43)11-13-26(24)32(27)28/h3-9,14,17-18,27-29,44H,10-13,15-16,19H2,1-2H3/b4-3+/t27?,28-,29?,33+,34+/m1/s1. The molecule has 0 saturated heterocycles. The van der Waals surface area contributed by atoms with Gasteiger partial charge in [-0.25, -0.2) is 4.98 Å². The predicted octanol–water partition coefficient (Wildman–Crippen LogP) is 9.60. The van der Waals surface area contributed by atoms with Crippen LogP contribution >= 0.6 is 11.3 Å². The maximum Gasteiger partial charge on any atom is 0.456 e. The molecule has 3 aromatic rings. The van der Waals surface area contributed by atoms with Crippen molar-refractivity contribution in [2.24, 2.45) is 17.3 Å². The zero-order valence-electron chi connectivity index (χ0n) is 25.1. The minimum atomic E-state index is -5.86. The van der Waals surface area contributed by atoms with Crippen LogP contribution in [0.2, 0.25) is 0 Å². The molecule has 1 N–H and O–H groups in total. The van der Waals surface area contributed by atoms with Gasteiger partial charge in [-0.15, -0.1) is 11.3 Å². The van der Waals surface area contributed by atoms with Crippen molar-refractivity contribution in [2.45, 2.75) is 82.4 Å². The molecule has 0 aliphatic heterocycles. The average Bonchev–Trinajstić information content (AvgIpc) is 3.50. The van der Waals surface area contributed by atoms with Crippen LogP contribution in [0.1, 0.15) is 79.5 Å². The van der Waals surface area contributed by atoms with Crippen molar-refractivity contribution in [3.63, 3.8) is 0 Å². The first-order chi connectivity index (χ1) is 21.2. The molecular formula is C36H34F5NO2S. The molecule has 2 fully saturated rings. The Morgan fingerprint density at radius 1 is 0.978 bits per heavy atom. The summed E-state index contributed by atoms with van der Waals surface area (Å²) in [5.74, 6) is -6.39. The van der Waals surface area contributed by atoms with E-state index in [1.165, 1.54) is 6.92 Å². The fourth-order valence-corrected chi connectivity index (χ4v) is 9.78. The SMILES string of the molecule is Cc1nc2ccc(/C=C/c3ccc([C@H]4C[C@@]5(C)C(CC[C@@]5(O)C(F)(F)C(F)(F)F)C5CCC6=CC(=O)CCC6=C54)cc3)cc2s1. The third-order valence-corrected chi connectivity index (χ3v) is 12.0. The van der Waals surface area contributed by atoms with Gasteiger partial charge in [-0.2, -0.15) is 22.0 Å². The third-order valence-electron chi connectivity index (χ3n) is 11.1. The monoisotopic (exact) mass is 639 g/mol. The number of aliphatic hydroxyl groups is 1. The molecule has 4 aliphatic carbocycles. The Bertz CT molecular complexity index is 1780.